The molecule has 0 saturated heterocycles. The van der Waals surface area contributed by atoms with E-state index in [1.54, 1.807) is 0 Å². The van der Waals surface area contributed by atoms with Crippen LogP contribution in [0.25, 0.3) is 53.8 Å². The summed E-state index contributed by atoms with van der Waals surface area (Å²) in [7, 11) is 0. The van der Waals surface area contributed by atoms with Crippen molar-refractivity contribution in [3.8, 4) is 33.6 Å². The summed E-state index contributed by atoms with van der Waals surface area (Å²) in [6.07, 6.45) is 9.45. The second kappa shape index (κ2) is 15.5. The first-order valence-electron chi connectivity index (χ1n) is 17.5. The van der Waals surface area contributed by atoms with Gasteiger partial charge in [0.15, 0.2) is 0 Å². The molecular weight excluding hydrogens is 865 g/mol. The first-order chi connectivity index (χ1) is 23.7. The minimum atomic E-state index is -1.72. The first kappa shape index (κ1) is 36.4. The molecule has 1 radical (unpaired) electrons. The monoisotopic (exact) mass is 911 g/mol. The molecule has 5 heteroatoms. The van der Waals surface area contributed by atoms with E-state index in [-0.39, 0.29) is 25.5 Å². The Hall–Kier alpha value is -3.41. The van der Waals surface area contributed by atoms with Crippen molar-refractivity contribution >= 4 is 49.2 Å². The molecule has 1 aliphatic carbocycles. The van der Waals surface area contributed by atoms with E-state index in [2.05, 4.69) is 133 Å². The molecule has 0 atom stereocenters. The molecule has 0 bridgehead atoms. The van der Waals surface area contributed by atoms with Gasteiger partial charge in [0.2, 0.25) is 0 Å². The predicted molar refractivity (Wildman–Crippen MR) is 213 cm³/mol. The fourth-order valence-electron chi connectivity index (χ4n) is 7.14. The van der Waals surface area contributed by atoms with Crippen molar-refractivity contribution in [2.24, 2.45) is 5.92 Å². The molecule has 3 heterocycles. The van der Waals surface area contributed by atoms with Crippen LogP contribution in [0.3, 0.4) is 0 Å². The van der Waals surface area contributed by atoms with E-state index >= 15 is 0 Å². The third-order valence-corrected chi connectivity index (χ3v) is 15.7. The minimum absolute atomic E-state index is 0. The fourth-order valence-corrected chi connectivity index (χ4v) is 10.6. The van der Waals surface area contributed by atoms with E-state index in [0.717, 1.165) is 28.4 Å². The van der Waals surface area contributed by atoms with Crippen molar-refractivity contribution in [2.45, 2.75) is 62.2 Å². The molecule has 2 nitrogen and oxygen atoms in total. The van der Waals surface area contributed by atoms with Crippen molar-refractivity contribution < 1.29 is 20.1 Å². The maximum absolute atomic E-state index is 4.81. The molecule has 7 aromatic rings. The summed E-state index contributed by atoms with van der Waals surface area (Å²) in [4.78, 5) is 9.34. The van der Waals surface area contributed by atoms with Gasteiger partial charge in [-0.3, -0.25) is 0 Å². The fraction of sp³-hybridized carbons (Fsp3) is 0.244. The Balaban J connectivity index is 0.000000215. The van der Waals surface area contributed by atoms with Crippen LogP contribution in [0, 0.1) is 18.1 Å². The minimum Gasteiger partial charge on any atom is 0 e. The van der Waals surface area contributed by atoms with Gasteiger partial charge in [-0.15, -0.1) is 23.8 Å². The number of rotatable bonds is 6. The molecule has 0 amide bonds. The van der Waals surface area contributed by atoms with Gasteiger partial charge in [-0.2, -0.15) is 11.3 Å². The summed E-state index contributed by atoms with van der Waals surface area (Å²) >= 11 is 0.143. The number of aromatic nitrogens is 2. The molecule has 1 aliphatic rings. The van der Waals surface area contributed by atoms with E-state index in [1.165, 1.54) is 66.9 Å². The summed E-state index contributed by atoms with van der Waals surface area (Å²) in [6, 6.07) is 45.3. The summed E-state index contributed by atoms with van der Waals surface area (Å²) in [6.45, 7) is 4.83. The van der Waals surface area contributed by atoms with Crippen LogP contribution in [-0.4, -0.2) is 23.2 Å². The van der Waals surface area contributed by atoms with Gasteiger partial charge in [0, 0.05) is 31.0 Å². The SMILES string of the molecule is CC(C)(c1ccnc(-c2[c-]ccc3c2sc2cc(-c4ccccc4)ccc23)c1)C1CCCC1.[CH3][Ge]([CH3])([CH3])[c]1ccc(-c2[c-]cccc2)nc1.[Ir]. The number of hydrogen-bond acceptors (Lipinski definition) is 3. The zero-order valence-corrected chi connectivity index (χ0v) is 34.9. The Morgan fingerprint density at radius 2 is 1.50 bits per heavy atom. The van der Waals surface area contributed by atoms with E-state index < -0.39 is 13.3 Å². The van der Waals surface area contributed by atoms with Gasteiger partial charge >= 0.3 is 99.8 Å². The van der Waals surface area contributed by atoms with Crippen LogP contribution >= 0.6 is 11.3 Å². The number of fused-ring (bicyclic) bond motifs is 3. The average molecular weight is 910 g/mol. The van der Waals surface area contributed by atoms with Crippen LogP contribution in [0.4, 0.5) is 0 Å². The molecule has 1 fully saturated rings. The number of nitrogens with zero attached hydrogens (tertiary/aromatic N) is 2. The molecule has 0 N–H and O–H groups in total. The summed E-state index contributed by atoms with van der Waals surface area (Å²) in [5.74, 6) is 7.90. The summed E-state index contributed by atoms with van der Waals surface area (Å²) in [5, 5.41) is 2.61. The number of hydrogen-bond donors (Lipinski definition) is 0. The van der Waals surface area contributed by atoms with Crippen LogP contribution in [-0.2, 0) is 25.5 Å². The van der Waals surface area contributed by atoms with E-state index in [9.17, 15) is 0 Å². The van der Waals surface area contributed by atoms with Crippen molar-refractivity contribution in [2.75, 3.05) is 0 Å². The molecule has 0 aliphatic heterocycles. The second-order valence-electron chi connectivity index (χ2n) is 14.9. The summed E-state index contributed by atoms with van der Waals surface area (Å²) < 4.78 is 4.04. The van der Waals surface area contributed by atoms with Gasteiger partial charge in [0.05, 0.1) is 0 Å². The maximum Gasteiger partial charge on any atom is 0 e. The van der Waals surface area contributed by atoms with E-state index in [0.29, 0.717) is 0 Å². The van der Waals surface area contributed by atoms with Gasteiger partial charge in [0.25, 0.3) is 0 Å². The molecule has 255 valence electrons. The quantitative estimate of drug-likeness (QED) is 0.123. The maximum atomic E-state index is 4.81. The molecule has 50 heavy (non-hydrogen) atoms. The first-order valence-corrected chi connectivity index (χ1v) is 25.7. The third-order valence-electron chi connectivity index (χ3n) is 10.3. The second-order valence-corrected chi connectivity index (χ2v) is 26.6. The predicted octanol–water partition coefficient (Wildman–Crippen LogP) is 12.1. The van der Waals surface area contributed by atoms with Gasteiger partial charge in [-0.25, -0.2) is 0 Å². The van der Waals surface area contributed by atoms with Crippen molar-refractivity contribution in [1.29, 1.82) is 0 Å². The third kappa shape index (κ3) is 7.75. The topological polar surface area (TPSA) is 25.8 Å². The molecule has 0 unspecified atom stereocenters. The molecule has 4 aromatic carbocycles. The smallest absolute Gasteiger partial charge is 0 e. The molecule has 3 aromatic heterocycles. The largest absolute Gasteiger partial charge is 0 e. The Labute approximate surface area is 318 Å². The zero-order valence-electron chi connectivity index (χ0n) is 29.6. The van der Waals surface area contributed by atoms with Crippen LogP contribution in [0.2, 0.25) is 17.3 Å². The Bertz CT molecular complexity index is 2180. The van der Waals surface area contributed by atoms with Crippen molar-refractivity contribution in [3.63, 3.8) is 0 Å². The number of thiophene rings is 1. The van der Waals surface area contributed by atoms with Crippen LogP contribution in [0.15, 0.2) is 122 Å². The van der Waals surface area contributed by atoms with Gasteiger partial charge in [-0.05, 0) is 68.8 Å². The van der Waals surface area contributed by atoms with Crippen LogP contribution in [0.5, 0.6) is 0 Å². The standard InChI is InChI=1S/C31H28NS.C14H16GeN.Ir/c1-31(2,23-11-6-7-12-23)24-17-18-32-28(20-24)27-14-8-13-26-25-16-15-22(19-29(25)33-30(26)27)21-9-4-3-5-10-21;1-15(2,3)13-9-10-14(16-11-13)12-7-5-4-6-8-12;/h3-5,8-10,13,15-20,23H,6-7,11-12H2,1-2H3;4-7,9-11H,1-3H3;/q2*-1;. The molecule has 0 spiro atoms. The average Bonchev–Trinajstić information content (AvgIpc) is 3.82. The van der Waals surface area contributed by atoms with Gasteiger partial charge in [-0.1, -0.05) is 80.6 Å². The summed E-state index contributed by atoms with van der Waals surface area (Å²) in [5.41, 5.74) is 8.33. The van der Waals surface area contributed by atoms with E-state index in [4.69, 9.17) is 4.98 Å². The Kier molecular flexibility index (Phi) is 11.2. The van der Waals surface area contributed by atoms with E-state index in [1.807, 2.05) is 48.0 Å². The van der Waals surface area contributed by atoms with Crippen LogP contribution in [0.1, 0.15) is 45.1 Å². The Morgan fingerprint density at radius 3 is 2.20 bits per heavy atom. The van der Waals surface area contributed by atoms with Crippen molar-refractivity contribution in [1.82, 2.24) is 9.97 Å². The van der Waals surface area contributed by atoms with Gasteiger partial charge in [0.1, 0.15) is 0 Å². The number of pyridine rings is 2. The molecule has 8 rings (SSSR count). The molecular formula is C45H44GeIrN2S-2. The van der Waals surface area contributed by atoms with Crippen molar-refractivity contribution in [3.05, 3.63) is 139 Å². The van der Waals surface area contributed by atoms with Crippen LogP contribution < -0.4 is 4.40 Å². The number of benzene rings is 4. The normalized spacial score (nSPS) is 13.5. The zero-order chi connectivity index (χ0) is 34.0. The van der Waals surface area contributed by atoms with Gasteiger partial charge < -0.3 is 4.98 Å². The Morgan fingerprint density at radius 1 is 0.720 bits per heavy atom. The molecule has 1 saturated carbocycles.